The summed E-state index contributed by atoms with van der Waals surface area (Å²) in [4.78, 5) is 38.6. The number of hydrogen-bond donors (Lipinski definition) is 1. The average Bonchev–Trinajstić information content (AvgIpc) is 3.60. The van der Waals surface area contributed by atoms with E-state index in [1.54, 1.807) is 0 Å². The number of aromatic nitrogens is 3. The van der Waals surface area contributed by atoms with Gasteiger partial charge in [0.25, 0.3) is 11.5 Å². The van der Waals surface area contributed by atoms with E-state index in [9.17, 15) is 31.9 Å². The van der Waals surface area contributed by atoms with Gasteiger partial charge in [-0.05, 0) is 48.6 Å². The van der Waals surface area contributed by atoms with Gasteiger partial charge in [0.05, 0.1) is 12.1 Å². The van der Waals surface area contributed by atoms with Gasteiger partial charge >= 0.3 is 11.9 Å². The van der Waals surface area contributed by atoms with Gasteiger partial charge in [-0.2, -0.15) is 23.0 Å². The zero-order valence-corrected chi connectivity index (χ0v) is 17.1. The summed E-state index contributed by atoms with van der Waals surface area (Å²) < 4.78 is 54.1. The van der Waals surface area contributed by atoms with Gasteiger partial charge in [-0.25, -0.2) is 9.18 Å². The maximum absolute atomic E-state index is 14.4. The second-order valence-electron chi connectivity index (χ2n) is 7.73. The molecule has 1 aliphatic rings. The molecule has 1 saturated carbocycles. The molecule has 1 amide bonds. The van der Waals surface area contributed by atoms with Gasteiger partial charge in [-0.1, -0.05) is 24.3 Å². The molecule has 0 spiro atoms. The number of alkyl halides is 3. The summed E-state index contributed by atoms with van der Waals surface area (Å²) in [5, 5.41) is 6.40. The molecule has 0 atom stereocenters. The van der Waals surface area contributed by atoms with E-state index in [2.05, 4.69) is 10.4 Å². The quantitative estimate of drug-likeness (QED) is 0.571. The second kappa shape index (κ2) is 8.64. The first-order valence-electron chi connectivity index (χ1n) is 10.1. The Morgan fingerprint density at radius 3 is 2.33 bits per heavy atom. The zero-order valence-electron chi connectivity index (χ0n) is 17.1. The lowest BCUT2D eigenvalue weighted by Crippen LogP contribution is -2.46. The van der Waals surface area contributed by atoms with Crippen molar-refractivity contribution in [2.24, 2.45) is 5.92 Å². The number of rotatable bonds is 6. The number of carbonyl (C=O) groups excluding carboxylic acids is 1. The number of nitrogens with zero attached hydrogens (tertiary/aromatic N) is 3. The molecule has 7 nitrogen and oxygen atoms in total. The smallest absolute Gasteiger partial charge is 0.350 e. The van der Waals surface area contributed by atoms with Crippen molar-refractivity contribution in [3.63, 3.8) is 0 Å². The van der Waals surface area contributed by atoms with Crippen molar-refractivity contribution in [1.82, 2.24) is 19.7 Å². The fraction of sp³-hybridized carbons (Fsp3) is 0.273. The monoisotopic (exact) mass is 462 g/mol. The minimum absolute atomic E-state index is 0.206. The topological polar surface area (TPSA) is 86.0 Å². The van der Waals surface area contributed by atoms with Crippen LogP contribution in [-0.4, -0.2) is 26.8 Å². The molecule has 0 radical (unpaired) electrons. The van der Waals surface area contributed by atoms with E-state index in [0.29, 0.717) is 21.7 Å². The highest BCUT2D eigenvalue weighted by molar-refractivity contribution is 5.91. The van der Waals surface area contributed by atoms with Crippen molar-refractivity contribution in [2.75, 3.05) is 6.54 Å². The first-order valence-corrected chi connectivity index (χ1v) is 10.1. The van der Waals surface area contributed by atoms with Crippen LogP contribution in [0, 0.1) is 11.7 Å². The van der Waals surface area contributed by atoms with E-state index in [1.807, 2.05) is 0 Å². The number of benzene rings is 2. The van der Waals surface area contributed by atoms with E-state index in [1.165, 1.54) is 18.2 Å². The summed E-state index contributed by atoms with van der Waals surface area (Å²) in [6, 6.07) is 9.06. The molecule has 3 aromatic rings. The Bertz CT molecular complexity index is 1310. The van der Waals surface area contributed by atoms with Gasteiger partial charge < -0.3 is 5.32 Å². The summed E-state index contributed by atoms with van der Waals surface area (Å²) in [5.74, 6) is -1.32. The third kappa shape index (κ3) is 4.86. The van der Waals surface area contributed by atoms with Crippen LogP contribution >= 0.6 is 0 Å². The Morgan fingerprint density at radius 2 is 1.73 bits per heavy atom. The number of para-hydroxylation sites is 1. The van der Waals surface area contributed by atoms with E-state index in [-0.39, 0.29) is 11.3 Å². The van der Waals surface area contributed by atoms with Crippen molar-refractivity contribution in [2.45, 2.75) is 25.6 Å². The SMILES string of the molecule is O=C(NCC1CC1)c1nn(-c2ccccc2F)c(=O)n(Cc2ccc(C(F)(F)F)cc2)c1=O. The summed E-state index contributed by atoms with van der Waals surface area (Å²) in [6.45, 7) is -0.104. The van der Waals surface area contributed by atoms with Crippen LogP contribution in [-0.2, 0) is 12.7 Å². The first-order chi connectivity index (χ1) is 15.6. The lowest BCUT2D eigenvalue weighted by atomic mass is 10.1. The van der Waals surface area contributed by atoms with Crippen molar-refractivity contribution < 1.29 is 22.4 Å². The second-order valence-corrected chi connectivity index (χ2v) is 7.73. The fourth-order valence-corrected chi connectivity index (χ4v) is 3.20. The molecule has 1 fully saturated rings. The van der Waals surface area contributed by atoms with Gasteiger partial charge in [0.15, 0.2) is 0 Å². The highest BCUT2D eigenvalue weighted by atomic mass is 19.4. The molecule has 1 heterocycles. The summed E-state index contributed by atoms with van der Waals surface area (Å²) in [5.41, 5.74) is -3.65. The van der Waals surface area contributed by atoms with Crippen LogP contribution < -0.4 is 16.6 Å². The fourth-order valence-electron chi connectivity index (χ4n) is 3.20. The molecule has 1 aromatic heterocycles. The average molecular weight is 462 g/mol. The molecule has 0 bridgehead atoms. The molecule has 2 aromatic carbocycles. The Balaban J connectivity index is 1.79. The molecule has 4 rings (SSSR count). The number of halogens is 4. The van der Waals surface area contributed by atoms with Gasteiger partial charge in [-0.15, -0.1) is 0 Å². The van der Waals surface area contributed by atoms with Crippen LogP contribution in [0.1, 0.15) is 34.5 Å². The molecule has 1 N–H and O–H groups in total. The molecule has 1 aliphatic carbocycles. The number of amides is 1. The number of carbonyl (C=O) groups is 1. The molecule has 11 heteroatoms. The van der Waals surface area contributed by atoms with Gasteiger partial charge in [0.2, 0.25) is 5.69 Å². The van der Waals surface area contributed by atoms with Crippen LogP contribution in [0.3, 0.4) is 0 Å². The standard InChI is InChI=1S/C22H18F4N4O3/c23-16-3-1-2-4-17(16)30-21(33)29(12-14-7-9-15(10-8-14)22(24,25)26)20(32)18(28-30)19(31)27-11-13-5-6-13/h1-4,7-10,13H,5-6,11-12H2,(H,27,31). The normalized spacial score (nSPS) is 13.7. The lowest BCUT2D eigenvalue weighted by molar-refractivity contribution is -0.137. The predicted molar refractivity (Wildman–Crippen MR) is 110 cm³/mol. The van der Waals surface area contributed by atoms with Gasteiger partial charge in [0.1, 0.15) is 11.5 Å². The van der Waals surface area contributed by atoms with Gasteiger partial charge in [0, 0.05) is 6.54 Å². The minimum Gasteiger partial charge on any atom is -0.350 e. The van der Waals surface area contributed by atoms with Gasteiger partial charge in [-0.3, -0.25) is 14.2 Å². The van der Waals surface area contributed by atoms with Crippen LogP contribution in [0.4, 0.5) is 17.6 Å². The third-order valence-corrected chi connectivity index (χ3v) is 5.23. The summed E-state index contributed by atoms with van der Waals surface area (Å²) >= 11 is 0. The van der Waals surface area contributed by atoms with Crippen LogP contribution in [0.2, 0.25) is 0 Å². The maximum atomic E-state index is 14.4. The number of hydrogen-bond acceptors (Lipinski definition) is 4. The van der Waals surface area contributed by atoms with E-state index in [4.69, 9.17) is 0 Å². The third-order valence-electron chi connectivity index (χ3n) is 5.23. The summed E-state index contributed by atoms with van der Waals surface area (Å²) in [7, 11) is 0. The highest BCUT2D eigenvalue weighted by Gasteiger charge is 2.30. The number of nitrogens with one attached hydrogen (secondary N) is 1. The molecule has 33 heavy (non-hydrogen) atoms. The van der Waals surface area contributed by atoms with Crippen LogP contribution in [0.5, 0.6) is 0 Å². The largest absolute Gasteiger partial charge is 0.416 e. The Morgan fingerprint density at radius 1 is 1.06 bits per heavy atom. The van der Waals surface area contributed by atoms with E-state index in [0.717, 1.165) is 43.2 Å². The molecular weight excluding hydrogens is 444 g/mol. The lowest BCUT2D eigenvalue weighted by Gasteiger charge is -2.13. The Labute approximate surface area is 184 Å². The van der Waals surface area contributed by atoms with E-state index >= 15 is 0 Å². The highest BCUT2D eigenvalue weighted by Crippen LogP contribution is 2.29. The Kier molecular flexibility index (Phi) is 5.88. The maximum Gasteiger partial charge on any atom is 0.416 e. The van der Waals surface area contributed by atoms with Crippen molar-refractivity contribution >= 4 is 5.91 Å². The first kappa shape index (κ1) is 22.4. The van der Waals surface area contributed by atoms with Crippen LogP contribution in [0.15, 0.2) is 58.1 Å². The molecule has 0 unspecified atom stereocenters. The van der Waals surface area contributed by atoms with Crippen molar-refractivity contribution in [3.8, 4) is 5.69 Å². The molecular formula is C22H18F4N4O3. The summed E-state index contributed by atoms with van der Waals surface area (Å²) in [6.07, 6.45) is -2.66. The molecule has 0 aliphatic heterocycles. The predicted octanol–water partition coefficient (Wildman–Crippen LogP) is 2.74. The zero-order chi connectivity index (χ0) is 23.8. The molecule has 172 valence electrons. The van der Waals surface area contributed by atoms with E-state index < -0.39 is 47.0 Å². The minimum atomic E-state index is -4.55. The van der Waals surface area contributed by atoms with Crippen molar-refractivity contribution in [3.05, 3.63) is 92.0 Å². The van der Waals surface area contributed by atoms with Crippen molar-refractivity contribution in [1.29, 1.82) is 0 Å². The van der Waals surface area contributed by atoms with Crippen LogP contribution in [0.25, 0.3) is 5.69 Å². The molecule has 0 saturated heterocycles. The Hall–Kier alpha value is -3.76.